The Balaban J connectivity index is 1.97. The monoisotopic (exact) mass is 392 g/mol. The Kier molecular flexibility index (Phi) is 5.51. The first-order chi connectivity index (χ1) is 12.9. The molecule has 3 aromatic rings. The average molecular weight is 393 g/mol. The van der Waals surface area contributed by atoms with Crippen LogP contribution in [0.1, 0.15) is 18.1 Å². The zero-order valence-electron chi connectivity index (χ0n) is 14.3. The summed E-state index contributed by atoms with van der Waals surface area (Å²) in [4.78, 5) is 7.83. The maximum Gasteiger partial charge on any atom is 0.421 e. The van der Waals surface area contributed by atoms with Crippen molar-refractivity contribution in [2.45, 2.75) is 19.5 Å². The van der Waals surface area contributed by atoms with E-state index in [9.17, 15) is 13.2 Å². The molecule has 8 heteroatoms. The van der Waals surface area contributed by atoms with E-state index in [-0.39, 0.29) is 11.8 Å². The summed E-state index contributed by atoms with van der Waals surface area (Å²) in [6.07, 6.45) is -3.14. The molecule has 0 amide bonds. The number of para-hydroxylation sites is 1. The lowest BCUT2D eigenvalue weighted by Gasteiger charge is -2.16. The third-order valence-corrected chi connectivity index (χ3v) is 4.10. The van der Waals surface area contributed by atoms with Crippen LogP contribution < -0.4 is 10.6 Å². The normalized spacial score (nSPS) is 11.3. The highest BCUT2D eigenvalue weighted by molar-refractivity contribution is 6.30. The van der Waals surface area contributed by atoms with E-state index in [4.69, 9.17) is 11.6 Å². The Morgan fingerprint density at radius 3 is 2.37 bits per heavy atom. The van der Waals surface area contributed by atoms with Gasteiger partial charge in [0.05, 0.1) is 0 Å². The van der Waals surface area contributed by atoms with Crippen LogP contribution in [0.2, 0.25) is 5.02 Å². The number of halogens is 4. The molecule has 0 unspecified atom stereocenters. The van der Waals surface area contributed by atoms with Crippen LogP contribution in [-0.4, -0.2) is 9.97 Å². The number of rotatable bonds is 5. The molecule has 2 N–H and O–H groups in total. The molecule has 4 nitrogen and oxygen atoms in total. The summed E-state index contributed by atoms with van der Waals surface area (Å²) in [5, 5.41) is 6.23. The second-order valence-electron chi connectivity index (χ2n) is 5.72. The van der Waals surface area contributed by atoms with Gasteiger partial charge in [-0.1, -0.05) is 36.7 Å². The quantitative estimate of drug-likeness (QED) is 0.543. The van der Waals surface area contributed by atoms with Crippen molar-refractivity contribution in [1.29, 1.82) is 0 Å². The number of alkyl halides is 3. The van der Waals surface area contributed by atoms with Crippen molar-refractivity contribution in [3.63, 3.8) is 0 Å². The highest BCUT2D eigenvalue weighted by Gasteiger charge is 2.35. The van der Waals surface area contributed by atoms with Crippen LogP contribution in [0.4, 0.5) is 36.3 Å². The van der Waals surface area contributed by atoms with Crippen molar-refractivity contribution >= 4 is 34.7 Å². The number of benzene rings is 2. The number of aromatic nitrogens is 2. The molecule has 1 heterocycles. The maximum absolute atomic E-state index is 13.4. The summed E-state index contributed by atoms with van der Waals surface area (Å²) in [7, 11) is 0. The van der Waals surface area contributed by atoms with Gasteiger partial charge in [-0.25, -0.2) is 4.98 Å². The molecule has 0 saturated heterocycles. The molecule has 0 aliphatic heterocycles. The van der Waals surface area contributed by atoms with E-state index < -0.39 is 11.7 Å². The fraction of sp³-hybridized carbons (Fsp3) is 0.158. The van der Waals surface area contributed by atoms with Gasteiger partial charge in [0.15, 0.2) is 0 Å². The second kappa shape index (κ2) is 7.84. The van der Waals surface area contributed by atoms with Crippen LogP contribution in [-0.2, 0) is 12.6 Å². The Morgan fingerprint density at radius 2 is 1.70 bits per heavy atom. The molecule has 0 fully saturated rings. The predicted octanol–water partition coefficient (Wildman–Crippen LogP) is 6.20. The van der Waals surface area contributed by atoms with E-state index >= 15 is 0 Å². The first-order valence-corrected chi connectivity index (χ1v) is 8.56. The summed E-state index contributed by atoms with van der Waals surface area (Å²) in [6.45, 7) is 1.93. The lowest BCUT2D eigenvalue weighted by Crippen LogP contribution is -2.13. The van der Waals surface area contributed by atoms with Gasteiger partial charge < -0.3 is 10.6 Å². The summed E-state index contributed by atoms with van der Waals surface area (Å²) in [5.74, 6) is -0.267. The fourth-order valence-corrected chi connectivity index (χ4v) is 2.61. The molecule has 0 aliphatic rings. The minimum atomic E-state index is -4.58. The van der Waals surface area contributed by atoms with Crippen LogP contribution in [0, 0.1) is 0 Å². The average Bonchev–Trinajstić information content (AvgIpc) is 2.63. The highest BCUT2D eigenvalue weighted by Crippen LogP contribution is 2.36. The summed E-state index contributed by atoms with van der Waals surface area (Å²) < 4.78 is 40.1. The summed E-state index contributed by atoms with van der Waals surface area (Å²) in [5.41, 5.74) is 1.13. The lowest BCUT2D eigenvalue weighted by atomic mass is 10.1. The highest BCUT2D eigenvalue weighted by atomic mass is 35.5. The van der Waals surface area contributed by atoms with Crippen LogP contribution in [0.25, 0.3) is 0 Å². The number of hydrogen-bond acceptors (Lipinski definition) is 4. The number of nitrogens with zero attached hydrogens (tertiary/aromatic N) is 2. The summed E-state index contributed by atoms with van der Waals surface area (Å²) in [6, 6.07) is 13.8. The minimum absolute atomic E-state index is 0.0433. The number of anilines is 4. The van der Waals surface area contributed by atoms with Gasteiger partial charge in [-0.05, 0) is 42.3 Å². The van der Waals surface area contributed by atoms with Gasteiger partial charge in [0.2, 0.25) is 5.95 Å². The van der Waals surface area contributed by atoms with E-state index in [0.29, 0.717) is 22.8 Å². The molecule has 0 aliphatic carbocycles. The minimum Gasteiger partial charge on any atom is -0.339 e. The standard InChI is InChI=1S/C19H16ClF3N4/c1-2-12-5-3-4-6-16(12)26-17-15(19(21,22)23)11-24-18(27-17)25-14-9-7-13(20)8-10-14/h3-11H,2H2,1H3,(H2,24,25,26,27). The molecular weight excluding hydrogens is 377 g/mol. The molecule has 0 spiro atoms. The Labute approximate surface area is 159 Å². The number of hydrogen-bond donors (Lipinski definition) is 2. The first kappa shape index (κ1) is 19.0. The van der Waals surface area contributed by atoms with Crippen molar-refractivity contribution in [3.8, 4) is 0 Å². The van der Waals surface area contributed by atoms with E-state index in [1.807, 2.05) is 19.1 Å². The molecule has 140 valence electrons. The van der Waals surface area contributed by atoms with E-state index in [2.05, 4.69) is 20.6 Å². The first-order valence-electron chi connectivity index (χ1n) is 8.18. The van der Waals surface area contributed by atoms with Gasteiger partial charge in [-0.2, -0.15) is 18.2 Å². The van der Waals surface area contributed by atoms with Crippen molar-refractivity contribution in [2.75, 3.05) is 10.6 Å². The smallest absolute Gasteiger partial charge is 0.339 e. The zero-order valence-corrected chi connectivity index (χ0v) is 15.1. The van der Waals surface area contributed by atoms with Gasteiger partial charge in [0.1, 0.15) is 11.4 Å². The Hall–Kier alpha value is -2.80. The molecule has 2 aromatic carbocycles. The van der Waals surface area contributed by atoms with Crippen molar-refractivity contribution in [2.24, 2.45) is 0 Å². The van der Waals surface area contributed by atoms with Crippen LogP contribution in [0.3, 0.4) is 0 Å². The molecule has 3 rings (SSSR count). The number of nitrogens with one attached hydrogen (secondary N) is 2. The van der Waals surface area contributed by atoms with Crippen LogP contribution in [0.5, 0.6) is 0 Å². The number of aryl methyl sites for hydroxylation is 1. The molecule has 27 heavy (non-hydrogen) atoms. The largest absolute Gasteiger partial charge is 0.421 e. The molecule has 1 aromatic heterocycles. The van der Waals surface area contributed by atoms with Gasteiger partial charge in [-0.15, -0.1) is 0 Å². The molecule has 0 radical (unpaired) electrons. The van der Waals surface area contributed by atoms with Crippen LogP contribution >= 0.6 is 11.6 Å². The topological polar surface area (TPSA) is 49.8 Å². The van der Waals surface area contributed by atoms with E-state index in [0.717, 1.165) is 11.8 Å². The lowest BCUT2D eigenvalue weighted by molar-refractivity contribution is -0.137. The van der Waals surface area contributed by atoms with E-state index in [1.165, 1.54) is 0 Å². The Bertz CT molecular complexity index is 927. The fourth-order valence-electron chi connectivity index (χ4n) is 2.49. The van der Waals surface area contributed by atoms with Crippen LogP contribution in [0.15, 0.2) is 54.7 Å². The third-order valence-electron chi connectivity index (χ3n) is 3.85. The van der Waals surface area contributed by atoms with Crippen molar-refractivity contribution in [1.82, 2.24) is 9.97 Å². The maximum atomic E-state index is 13.4. The van der Waals surface area contributed by atoms with Crippen molar-refractivity contribution in [3.05, 3.63) is 70.9 Å². The molecular formula is C19H16ClF3N4. The van der Waals surface area contributed by atoms with Crippen molar-refractivity contribution < 1.29 is 13.2 Å². The molecule has 0 saturated carbocycles. The Morgan fingerprint density at radius 1 is 1.00 bits per heavy atom. The van der Waals surface area contributed by atoms with Gasteiger partial charge in [-0.3, -0.25) is 0 Å². The SMILES string of the molecule is CCc1ccccc1Nc1nc(Nc2ccc(Cl)cc2)ncc1C(F)(F)F. The molecule has 0 bridgehead atoms. The second-order valence-corrected chi connectivity index (χ2v) is 6.16. The van der Waals surface area contributed by atoms with E-state index in [1.54, 1.807) is 36.4 Å². The molecule has 0 atom stereocenters. The third kappa shape index (κ3) is 4.68. The van der Waals surface area contributed by atoms with Gasteiger partial charge >= 0.3 is 6.18 Å². The summed E-state index contributed by atoms with van der Waals surface area (Å²) >= 11 is 5.84. The van der Waals surface area contributed by atoms with Gasteiger partial charge in [0.25, 0.3) is 0 Å². The predicted molar refractivity (Wildman–Crippen MR) is 101 cm³/mol. The zero-order chi connectivity index (χ0) is 19.4. The van der Waals surface area contributed by atoms with Gasteiger partial charge in [0, 0.05) is 22.6 Å².